The van der Waals surface area contributed by atoms with Crippen LogP contribution in [0, 0.1) is 0 Å². The normalized spacial score (nSPS) is 16.3. The number of nitrogens with zero attached hydrogens (tertiary/aromatic N) is 2. The number of azo groups is 1. The van der Waals surface area contributed by atoms with Gasteiger partial charge in [0, 0.05) is 22.9 Å². The lowest BCUT2D eigenvalue weighted by atomic mass is 9.82. The molecule has 2 aliphatic rings. The van der Waals surface area contributed by atoms with Crippen LogP contribution >= 0.6 is 0 Å². The molecule has 11 nitrogen and oxygen atoms in total. The summed E-state index contributed by atoms with van der Waals surface area (Å²) >= 11 is 0. The maximum Gasteiger partial charge on any atom is 0.296 e. The van der Waals surface area contributed by atoms with Gasteiger partial charge < -0.3 is 5.32 Å². The molecular formula is C26H23N3O8S2. The summed E-state index contributed by atoms with van der Waals surface area (Å²) < 4.78 is 67.0. The van der Waals surface area contributed by atoms with Crippen molar-refractivity contribution >= 4 is 48.9 Å². The van der Waals surface area contributed by atoms with Crippen LogP contribution in [0.4, 0.5) is 17.1 Å². The van der Waals surface area contributed by atoms with Gasteiger partial charge in [-0.25, -0.2) is 0 Å². The topological polar surface area (TPSA) is 180 Å². The van der Waals surface area contributed by atoms with E-state index < -0.39 is 47.3 Å². The van der Waals surface area contributed by atoms with Gasteiger partial charge in [0.15, 0.2) is 11.6 Å². The second kappa shape index (κ2) is 10.1. The Morgan fingerprint density at radius 3 is 1.90 bits per heavy atom. The zero-order chi connectivity index (χ0) is 27.9. The van der Waals surface area contributed by atoms with Gasteiger partial charge in [-0.15, -0.1) is 5.11 Å². The highest BCUT2D eigenvalue weighted by Crippen LogP contribution is 2.43. The predicted molar refractivity (Wildman–Crippen MR) is 140 cm³/mol. The fourth-order valence-electron chi connectivity index (χ4n) is 4.92. The van der Waals surface area contributed by atoms with Gasteiger partial charge in [0.25, 0.3) is 20.2 Å². The number of anilines is 1. The first-order valence-corrected chi connectivity index (χ1v) is 15.0. The lowest BCUT2D eigenvalue weighted by Gasteiger charge is -2.28. The fourth-order valence-corrected chi connectivity index (χ4v) is 6.06. The molecule has 0 spiro atoms. The summed E-state index contributed by atoms with van der Waals surface area (Å²) in [6, 6.07) is 11.7. The molecule has 3 N–H and O–H groups in total. The van der Waals surface area contributed by atoms with Crippen LogP contribution in [0.3, 0.4) is 0 Å². The molecule has 13 heteroatoms. The quantitative estimate of drug-likeness (QED) is 0.210. The Morgan fingerprint density at radius 2 is 1.33 bits per heavy atom. The zero-order valence-electron chi connectivity index (χ0n) is 20.4. The highest BCUT2D eigenvalue weighted by molar-refractivity contribution is 7.86. The van der Waals surface area contributed by atoms with E-state index in [1.807, 2.05) is 0 Å². The van der Waals surface area contributed by atoms with Gasteiger partial charge in [-0.3, -0.25) is 18.7 Å². The molecule has 0 bridgehead atoms. The van der Waals surface area contributed by atoms with Crippen LogP contribution in [-0.2, 0) is 20.2 Å². The third-order valence-electron chi connectivity index (χ3n) is 6.78. The lowest BCUT2D eigenvalue weighted by Crippen LogP contribution is -2.27. The molecule has 39 heavy (non-hydrogen) atoms. The molecule has 1 saturated carbocycles. The minimum atomic E-state index is -4.95. The molecule has 1 fully saturated rings. The monoisotopic (exact) mass is 569 g/mol. The molecule has 0 amide bonds. The molecule has 0 atom stereocenters. The molecule has 0 saturated heterocycles. The van der Waals surface area contributed by atoms with E-state index in [0.29, 0.717) is 0 Å². The van der Waals surface area contributed by atoms with Gasteiger partial charge in [-0.1, -0.05) is 43.5 Å². The maximum absolute atomic E-state index is 13.7. The van der Waals surface area contributed by atoms with Crippen molar-refractivity contribution in [3.05, 3.63) is 76.9 Å². The number of rotatable bonds is 6. The molecule has 2 aliphatic carbocycles. The SMILES string of the molecule is O=C1c2ccccc2C(=O)c2c(/N=N/c3ccc(S(=O)(=O)O)cc3)c(S(=O)(=O)O)cc(NC3CCCCC3)c21. The predicted octanol–water partition coefficient (Wildman–Crippen LogP) is 5.12. The number of hydrogen-bond donors (Lipinski definition) is 3. The Morgan fingerprint density at radius 1 is 0.744 bits per heavy atom. The van der Waals surface area contributed by atoms with Crippen molar-refractivity contribution in [1.29, 1.82) is 0 Å². The van der Waals surface area contributed by atoms with Gasteiger partial charge in [-0.05, 0) is 43.2 Å². The third-order valence-corrected chi connectivity index (χ3v) is 8.51. The number of ketones is 2. The van der Waals surface area contributed by atoms with Crippen LogP contribution in [-0.4, -0.2) is 43.5 Å². The van der Waals surface area contributed by atoms with Gasteiger partial charge in [0.05, 0.1) is 21.7 Å². The maximum atomic E-state index is 13.7. The van der Waals surface area contributed by atoms with Crippen molar-refractivity contribution in [1.82, 2.24) is 0 Å². The highest BCUT2D eigenvalue weighted by atomic mass is 32.2. The van der Waals surface area contributed by atoms with E-state index in [0.717, 1.165) is 50.3 Å². The molecule has 0 radical (unpaired) electrons. The van der Waals surface area contributed by atoms with Crippen LogP contribution in [0.15, 0.2) is 74.6 Å². The average molecular weight is 570 g/mol. The van der Waals surface area contributed by atoms with Crippen molar-refractivity contribution in [2.45, 2.75) is 47.9 Å². The lowest BCUT2D eigenvalue weighted by molar-refractivity contribution is 0.0980. The summed E-state index contributed by atoms with van der Waals surface area (Å²) in [6.45, 7) is 0. The van der Waals surface area contributed by atoms with Gasteiger partial charge in [0.1, 0.15) is 10.6 Å². The Labute approximate surface area is 224 Å². The van der Waals surface area contributed by atoms with Crippen molar-refractivity contribution in [3.8, 4) is 0 Å². The molecule has 3 aromatic rings. The standard InChI is InChI=1S/C26H23N3O8S2/c30-25-18-8-4-5-9-19(18)26(31)23-22(25)20(27-15-6-2-1-3-7-15)14-21(39(35,36)37)24(23)29-28-16-10-12-17(13-11-16)38(32,33)34/h4-5,8-15,27H,1-3,6-7H2,(H,32,33,34)(H,35,36,37)/b29-28+. The molecular weight excluding hydrogens is 546 g/mol. The summed E-state index contributed by atoms with van der Waals surface area (Å²) in [5, 5.41) is 11.1. The first-order chi connectivity index (χ1) is 18.4. The summed E-state index contributed by atoms with van der Waals surface area (Å²) in [5.41, 5.74) is -0.526. The van der Waals surface area contributed by atoms with E-state index in [4.69, 9.17) is 0 Å². The van der Waals surface area contributed by atoms with E-state index in [1.54, 1.807) is 12.1 Å². The Kier molecular flexibility index (Phi) is 6.93. The minimum Gasteiger partial charge on any atom is -0.382 e. The molecule has 0 aliphatic heterocycles. The number of nitrogens with one attached hydrogen (secondary N) is 1. The van der Waals surface area contributed by atoms with E-state index in [1.165, 1.54) is 24.3 Å². The average Bonchev–Trinajstić information content (AvgIpc) is 2.90. The number of fused-ring (bicyclic) bond motifs is 2. The number of hydrogen-bond acceptors (Lipinski definition) is 9. The Bertz CT molecular complexity index is 1740. The third kappa shape index (κ3) is 5.26. The molecule has 5 rings (SSSR count). The first-order valence-electron chi connectivity index (χ1n) is 12.1. The number of carbonyl (C=O) groups excluding carboxylic acids is 2. The van der Waals surface area contributed by atoms with Crippen LogP contribution in [0.1, 0.15) is 63.9 Å². The number of carbonyl (C=O) groups is 2. The second-order valence-electron chi connectivity index (χ2n) is 9.35. The minimum absolute atomic E-state index is 0.0526. The van der Waals surface area contributed by atoms with E-state index in [-0.39, 0.29) is 39.7 Å². The van der Waals surface area contributed by atoms with Crippen molar-refractivity contribution in [3.63, 3.8) is 0 Å². The molecule has 0 aromatic heterocycles. The van der Waals surface area contributed by atoms with E-state index in [2.05, 4.69) is 15.5 Å². The van der Waals surface area contributed by atoms with Gasteiger partial charge in [-0.2, -0.15) is 21.9 Å². The highest BCUT2D eigenvalue weighted by Gasteiger charge is 2.38. The van der Waals surface area contributed by atoms with Crippen LogP contribution < -0.4 is 5.32 Å². The summed E-state index contributed by atoms with van der Waals surface area (Å²) in [6.07, 6.45) is 4.53. The number of benzene rings is 3. The molecule has 3 aromatic carbocycles. The van der Waals surface area contributed by atoms with Crippen LogP contribution in [0.2, 0.25) is 0 Å². The van der Waals surface area contributed by atoms with E-state index >= 15 is 0 Å². The van der Waals surface area contributed by atoms with Gasteiger partial charge in [0.2, 0.25) is 0 Å². The first kappa shape index (κ1) is 26.8. The molecule has 0 unspecified atom stereocenters. The summed E-state index contributed by atoms with van der Waals surface area (Å²) in [4.78, 5) is 26.3. The Hall–Kier alpha value is -3.78. The summed E-state index contributed by atoms with van der Waals surface area (Å²) in [7, 11) is -9.41. The second-order valence-corrected chi connectivity index (χ2v) is 12.2. The van der Waals surface area contributed by atoms with Gasteiger partial charge >= 0.3 is 0 Å². The fraction of sp³-hybridized carbons (Fsp3) is 0.231. The van der Waals surface area contributed by atoms with E-state index in [9.17, 15) is 35.5 Å². The van der Waals surface area contributed by atoms with Crippen molar-refractivity contribution in [2.75, 3.05) is 5.32 Å². The molecule has 0 heterocycles. The van der Waals surface area contributed by atoms with Crippen LogP contribution in [0.25, 0.3) is 0 Å². The smallest absolute Gasteiger partial charge is 0.296 e. The van der Waals surface area contributed by atoms with Crippen molar-refractivity contribution < 1.29 is 35.5 Å². The van der Waals surface area contributed by atoms with Crippen LogP contribution in [0.5, 0.6) is 0 Å². The summed E-state index contributed by atoms with van der Waals surface area (Å²) in [5.74, 6) is -1.16. The largest absolute Gasteiger partial charge is 0.382 e. The van der Waals surface area contributed by atoms with Crippen molar-refractivity contribution in [2.24, 2.45) is 10.2 Å². The Balaban J connectivity index is 1.72. The molecule has 202 valence electrons. The zero-order valence-corrected chi connectivity index (χ0v) is 22.0.